The maximum Gasteiger partial charge on any atom is 0.220 e. The van der Waals surface area contributed by atoms with Crippen LogP contribution in [0.5, 0.6) is 5.75 Å². The average Bonchev–Trinajstić information content (AvgIpc) is 3.41. The Labute approximate surface area is 164 Å². The van der Waals surface area contributed by atoms with Gasteiger partial charge in [-0.1, -0.05) is 12.1 Å². The molecule has 2 aromatic carbocycles. The lowest BCUT2D eigenvalue weighted by Gasteiger charge is -2.20. The van der Waals surface area contributed by atoms with Crippen LogP contribution in [0.3, 0.4) is 0 Å². The summed E-state index contributed by atoms with van der Waals surface area (Å²) in [6.07, 6.45) is 0.463. The fraction of sp³-hybridized carbons (Fsp3) is 0.250. The summed E-state index contributed by atoms with van der Waals surface area (Å²) in [5, 5.41) is 2.89. The lowest BCUT2D eigenvalue weighted by molar-refractivity contribution is -0.119. The Hall–Kier alpha value is -2.51. The predicted octanol–water partition coefficient (Wildman–Crippen LogP) is 4.48. The van der Waals surface area contributed by atoms with Gasteiger partial charge in [-0.3, -0.25) is 4.79 Å². The molecule has 3 heterocycles. The molecule has 5 rings (SSSR count). The number of thiazole rings is 2. The second-order valence-corrected chi connectivity index (χ2v) is 8.51. The fourth-order valence-corrected chi connectivity index (χ4v) is 4.99. The molecule has 0 radical (unpaired) electrons. The van der Waals surface area contributed by atoms with Crippen LogP contribution in [-0.2, 0) is 4.79 Å². The number of rotatable bonds is 4. The predicted molar refractivity (Wildman–Crippen MR) is 109 cm³/mol. The van der Waals surface area contributed by atoms with Gasteiger partial charge in [0.25, 0.3) is 0 Å². The van der Waals surface area contributed by atoms with Gasteiger partial charge in [-0.2, -0.15) is 0 Å². The number of aromatic nitrogens is 2. The SMILES string of the molecule is C[C@@H](Oc1cc(-c2cccc3scnc23)cc2ncsc12)[C@H]1CNC(=O)C1. The molecule has 1 saturated heterocycles. The molecule has 5 nitrogen and oxygen atoms in total. The van der Waals surface area contributed by atoms with Crippen LogP contribution in [0.4, 0.5) is 0 Å². The van der Waals surface area contributed by atoms with E-state index in [4.69, 9.17) is 4.74 Å². The van der Waals surface area contributed by atoms with Crippen molar-refractivity contribution in [3.63, 3.8) is 0 Å². The number of para-hydroxylation sites is 1. The minimum Gasteiger partial charge on any atom is -0.489 e. The summed E-state index contributed by atoms with van der Waals surface area (Å²) in [4.78, 5) is 20.6. The molecule has 0 spiro atoms. The molecule has 0 aliphatic carbocycles. The van der Waals surface area contributed by atoms with Crippen LogP contribution in [0.25, 0.3) is 31.6 Å². The van der Waals surface area contributed by atoms with Crippen LogP contribution in [0, 0.1) is 5.92 Å². The van der Waals surface area contributed by atoms with Crippen molar-refractivity contribution in [1.29, 1.82) is 0 Å². The molecule has 4 aromatic rings. The zero-order valence-corrected chi connectivity index (χ0v) is 16.3. The number of hydrogen-bond donors (Lipinski definition) is 1. The second-order valence-electron chi connectivity index (χ2n) is 6.77. The second kappa shape index (κ2) is 6.58. The van der Waals surface area contributed by atoms with Crippen molar-refractivity contribution in [2.24, 2.45) is 5.92 Å². The molecular formula is C20H17N3O2S2. The summed E-state index contributed by atoms with van der Waals surface area (Å²) in [5.74, 6) is 1.11. The Bertz CT molecular complexity index is 1150. The van der Waals surface area contributed by atoms with E-state index in [0.717, 1.165) is 37.3 Å². The highest BCUT2D eigenvalue weighted by molar-refractivity contribution is 7.17. The minimum absolute atomic E-state index is 0.0560. The van der Waals surface area contributed by atoms with Gasteiger partial charge in [-0.25, -0.2) is 9.97 Å². The molecule has 1 N–H and O–H groups in total. The van der Waals surface area contributed by atoms with E-state index in [2.05, 4.69) is 45.6 Å². The van der Waals surface area contributed by atoms with Crippen LogP contribution in [0.1, 0.15) is 13.3 Å². The molecule has 2 aromatic heterocycles. The summed E-state index contributed by atoms with van der Waals surface area (Å²) < 4.78 is 8.53. The van der Waals surface area contributed by atoms with Crippen molar-refractivity contribution >= 4 is 49.0 Å². The monoisotopic (exact) mass is 395 g/mol. The van der Waals surface area contributed by atoms with E-state index in [1.54, 1.807) is 22.7 Å². The maximum atomic E-state index is 11.5. The van der Waals surface area contributed by atoms with Gasteiger partial charge in [0.1, 0.15) is 11.9 Å². The Morgan fingerprint density at radius 2 is 2.11 bits per heavy atom. The first-order chi connectivity index (χ1) is 13.2. The summed E-state index contributed by atoms with van der Waals surface area (Å²) in [7, 11) is 0. The van der Waals surface area contributed by atoms with E-state index in [1.807, 2.05) is 17.9 Å². The molecule has 27 heavy (non-hydrogen) atoms. The number of nitrogens with zero attached hydrogens (tertiary/aromatic N) is 2. The zero-order chi connectivity index (χ0) is 18.4. The van der Waals surface area contributed by atoms with Crippen molar-refractivity contribution in [3.8, 4) is 16.9 Å². The number of fused-ring (bicyclic) bond motifs is 2. The highest BCUT2D eigenvalue weighted by Gasteiger charge is 2.28. The van der Waals surface area contributed by atoms with Crippen molar-refractivity contribution in [2.75, 3.05) is 6.54 Å². The Morgan fingerprint density at radius 3 is 2.96 bits per heavy atom. The lowest BCUT2D eigenvalue weighted by atomic mass is 10.0. The van der Waals surface area contributed by atoms with Crippen molar-refractivity contribution in [1.82, 2.24) is 15.3 Å². The number of amides is 1. The zero-order valence-electron chi connectivity index (χ0n) is 14.6. The van der Waals surface area contributed by atoms with E-state index in [-0.39, 0.29) is 17.9 Å². The number of carbonyl (C=O) groups excluding carboxylic acids is 1. The van der Waals surface area contributed by atoms with Gasteiger partial charge in [0, 0.05) is 24.4 Å². The third-order valence-electron chi connectivity index (χ3n) is 5.05. The van der Waals surface area contributed by atoms with Crippen LogP contribution >= 0.6 is 22.7 Å². The number of benzene rings is 2. The molecule has 7 heteroatoms. The first kappa shape index (κ1) is 16.6. The first-order valence-electron chi connectivity index (χ1n) is 8.82. The van der Waals surface area contributed by atoms with Crippen LogP contribution in [0.15, 0.2) is 41.4 Å². The highest BCUT2D eigenvalue weighted by Crippen LogP contribution is 2.38. The minimum atomic E-state index is -0.0560. The number of carbonyl (C=O) groups is 1. The quantitative estimate of drug-likeness (QED) is 0.553. The van der Waals surface area contributed by atoms with Gasteiger partial charge in [-0.15, -0.1) is 22.7 Å². The molecule has 1 amide bonds. The third kappa shape index (κ3) is 2.96. The summed E-state index contributed by atoms with van der Waals surface area (Å²) >= 11 is 3.21. The molecule has 0 saturated carbocycles. The fourth-order valence-electron chi connectivity index (χ4n) is 3.56. The van der Waals surface area contributed by atoms with Gasteiger partial charge < -0.3 is 10.1 Å². The summed E-state index contributed by atoms with van der Waals surface area (Å²) in [6, 6.07) is 10.4. The van der Waals surface area contributed by atoms with Gasteiger partial charge in [0.05, 0.1) is 31.5 Å². The van der Waals surface area contributed by atoms with E-state index in [1.165, 1.54) is 0 Å². The smallest absolute Gasteiger partial charge is 0.220 e. The van der Waals surface area contributed by atoms with Gasteiger partial charge in [0.2, 0.25) is 5.91 Å². The van der Waals surface area contributed by atoms with E-state index < -0.39 is 0 Å². The van der Waals surface area contributed by atoms with Crippen LogP contribution < -0.4 is 10.1 Å². The average molecular weight is 396 g/mol. The summed E-state index contributed by atoms with van der Waals surface area (Å²) in [5.41, 5.74) is 7.77. The topological polar surface area (TPSA) is 64.1 Å². The Morgan fingerprint density at radius 1 is 1.22 bits per heavy atom. The largest absolute Gasteiger partial charge is 0.489 e. The van der Waals surface area contributed by atoms with Crippen LogP contribution in [0.2, 0.25) is 0 Å². The summed E-state index contributed by atoms with van der Waals surface area (Å²) in [6.45, 7) is 2.70. The first-order valence-corrected chi connectivity index (χ1v) is 10.6. The van der Waals surface area contributed by atoms with Crippen molar-refractivity contribution in [2.45, 2.75) is 19.4 Å². The number of hydrogen-bond acceptors (Lipinski definition) is 6. The molecule has 1 aliphatic rings. The lowest BCUT2D eigenvalue weighted by Crippen LogP contribution is -2.25. The molecular weight excluding hydrogens is 378 g/mol. The van der Waals surface area contributed by atoms with Gasteiger partial charge >= 0.3 is 0 Å². The van der Waals surface area contributed by atoms with Crippen LogP contribution in [-0.4, -0.2) is 28.5 Å². The standard InChI is InChI=1S/C20H17N3O2S2/c1-11(13-7-18(24)21-8-13)25-16-6-12(5-15-20(16)27-9-22-15)14-3-2-4-17-19(14)23-10-26-17/h2-6,9-11,13H,7-8H2,1H3,(H,21,24)/t11-,13-/m1/s1. The molecule has 0 bridgehead atoms. The van der Waals surface area contributed by atoms with Crippen molar-refractivity contribution in [3.05, 3.63) is 41.4 Å². The third-order valence-corrected chi connectivity index (χ3v) is 6.71. The highest BCUT2D eigenvalue weighted by atomic mass is 32.1. The Balaban J connectivity index is 1.57. The normalized spacial score (nSPS) is 18.1. The van der Waals surface area contributed by atoms with Crippen molar-refractivity contribution < 1.29 is 9.53 Å². The molecule has 1 aliphatic heterocycles. The van der Waals surface area contributed by atoms with Gasteiger partial charge in [-0.05, 0) is 30.7 Å². The number of nitrogens with one attached hydrogen (secondary N) is 1. The number of ether oxygens (including phenoxy) is 1. The molecule has 0 unspecified atom stereocenters. The van der Waals surface area contributed by atoms with E-state index >= 15 is 0 Å². The molecule has 1 fully saturated rings. The van der Waals surface area contributed by atoms with E-state index in [9.17, 15) is 4.79 Å². The Kier molecular flexibility index (Phi) is 4.06. The maximum absolute atomic E-state index is 11.5. The van der Waals surface area contributed by atoms with Gasteiger partial charge in [0.15, 0.2) is 0 Å². The van der Waals surface area contributed by atoms with E-state index in [0.29, 0.717) is 13.0 Å². The molecule has 136 valence electrons. The molecule has 2 atom stereocenters.